The van der Waals surface area contributed by atoms with Crippen molar-refractivity contribution in [2.45, 2.75) is 18.9 Å². The lowest BCUT2D eigenvalue weighted by Gasteiger charge is -2.32. The van der Waals surface area contributed by atoms with E-state index in [9.17, 15) is 4.79 Å². The number of hydrogen-bond acceptors (Lipinski definition) is 3. The molecule has 1 saturated heterocycles. The molecule has 1 N–H and O–H groups in total. The molecule has 0 radical (unpaired) electrons. The molecular weight excluding hydrogens is 278 g/mol. The Bertz CT molecular complexity index is 792. The predicted octanol–water partition coefficient (Wildman–Crippen LogP) is 2.24. The van der Waals surface area contributed by atoms with Gasteiger partial charge in [0, 0.05) is 30.9 Å². The van der Waals surface area contributed by atoms with Gasteiger partial charge < -0.3 is 4.90 Å². The number of fused-ring (bicyclic) bond motifs is 1. The average molecular weight is 295 g/mol. The predicted molar refractivity (Wildman–Crippen MR) is 82.5 cm³/mol. The fourth-order valence-electron chi connectivity index (χ4n) is 3.13. The number of likely N-dealkylation sites (tertiary alicyclic amines) is 1. The van der Waals surface area contributed by atoms with Crippen molar-refractivity contribution in [3.8, 4) is 0 Å². The van der Waals surface area contributed by atoms with Crippen LogP contribution in [0.25, 0.3) is 10.9 Å². The number of amides is 1. The van der Waals surface area contributed by atoms with E-state index in [-0.39, 0.29) is 11.9 Å². The van der Waals surface area contributed by atoms with Crippen LogP contribution in [0.2, 0.25) is 0 Å². The molecule has 1 aliphatic heterocycles. The van der Waals surface area contributed by atoms with Gasteiger partial charge in [-0.2, -0.15) is 10.2 Å². The molecule has 1 fully saturated rings. The van der Waals surface area contributed by atoms with Crippen LogP contribution in [0.5, 0.6) is 0 Å². The molecule has 1 aromatic carbocycles. The SMILES string of the molecule is O=C(c1n[nH]c2ccccc12)N1CCC[C@@H](n2cccn2)C1. The summed E-state index contributed by atoms with van der Waals surface area (Å²) in [5.74, 6) is -0.00527. The molecule has 2 aromatic heterocycles. The van der Waals surface area contributed by atoms with Crippen molar-refractivity contribution in [1.82, 2.24) is 24.9 Å². The summed E-state index contributed by atoms with van der Waals surface area (Å²) < 4.78 is 1.95. The Morgan fingerprint density at radius 3 is 3.05 bits per heavy atom. The number of para-hydroxylation sites is 1. The first kappa shape index (κ1) is 13.1. The van der Waals surface area contributed by atoms with Gasteiger partial charge in [0.25, 0.3) is 5.91 Å². The number of nitrogens with zero attached hydrogens (tertiary/aromatic N) is 4. The Balaban J connectivity index is 1.60. The number of hydrogen-bond donors (Lipinski definition) is 1. The topological polar surface area (TPSA) is 66.8 Å². The van der Waals surface area contributed by atoms with E-state index < -0.39 is 0 Å². The number of nitrogens with one attached hydrogen (secondary N) is 1. The number of carbonyl (C=O) groups is 1. The third kappa shape index (κ3) is 2.16. The molecular formula is C16H17N5O. The van der Waals surface area contributed by atoms with Crippen molar-refractivity contribution in [3.05, 3.63) is 48.4 Å². The minimum absolute atomic E-state index is 0.00527. The fraction of sp³-hybridized carbons (Fsp3) is 0.312. The smallest absolute Gasteiger partial charge is 0.275 e. The summed E-state index contributed by atoms with van der Waals surface area (Å²) in [6, 6.07) is 9.89. The minimum Gasteiger partial charge on any atom is -0.335 e. The summed E-state index contributed by atoms with van der Waals surface area (Å²) in [7, 11) is 0. The number of aromatic nitrogens is 4. The summed E-state index contributed by atoms with van der Waals surface area (Å²) in [6.07, 6.45) is 5.77. The molecule has 22 heavy (non-hydrogen) atoms. The number of rotatable bonds is 2. The molecule has 0 aliphatic carbocycles. The van der Waals surface area contributed by atoms with Gasteiger partial charge in [-0.25, -0.2) is 0 Å². The van der Waals surface area contributed by atoms with Gasteiger partial charge in [-0.15, -0.1) is 0 Å². The summed E-state index contributed by atoms with van der Waals surface area (Å²) >= 11 is 0. The van der Waals surface area contributed by atoms with Crippen LogP contribution in [0.3, 0.4) is 0 Å². The van der Waals surface area contributed by atoms with Crippen LogP contribution in [0.4, 0.5) is 0 Å². The number of H-pyrrole nitrogens is 1. The fourth-order valence-corrected chi connectivity index (χ4v) is 3.13. The highest BCUT2D eigenvalue weighted by Crippen LogP contribution is 2.23. The highest BCUT2D eigenvalue weighted by atomic mass is 16.2. The van der Waals surface area contributed by atoms with Crippen molar-refractivity contribution in [2.75, 3.05) is 13.1 Å². The highest BCUT2D eigenvalue weighted by molar-refractivity contribution is 6.04. The molecule has 4 rings (SSSR count). The van der Waals surface area contributed by atoms with Crippen LogP contribution in [0.15, 0.2) is 42.7 Å². The molecule has 1 aliphatic rings. The second-order valence-electron chi connectivity index (χ2n) is 5.65. The van der Waals surface area contributed by atoms with Gasteiger partial charge in [-0.1, -0.05) is 18.2 Å². The van der Waals surface area contributed by atoms with E-state index in [2.05, 4.69) is 15.3 Å². The Hall–Kier alpha value is -2.63. The van der Waals surface area contributed by atoms with Crippen molar-refractivity contribution >= 4 is 16.8 Å². The van der Waals surface area contributed by atoms with E-state index in [1.165, 1.54) is 0 Å². The van der Waals surface area contributed by atoms with Crippen LogP contribution in [-0.2, 0) is 0 Å². The van der Waals surface area contributed by atoms with Gasteiger partial charge in [-0.05, 0) is 25.0 Å². The lowest BCUT2D eigenvalue weighted by molar-refractivity contribution is 0.0669. The first-order valence-electron chi connectivity index (χ1n) is 7.54. The molecule has 6 heteroatoms. The van der Waals surface area contributed by atoms with Crippen LogP contribution in [-0.4, -0.2) is 43.9 Å². The molecule has 6 nitrogen and oxygen atoms in total. The Morgan fingerprint density at radius 1 is 1.27 bits per heavy atom. The van der Waals surface area contributed by atoms with Crippen molar-refractivity contribution in [2.24, 2.45) is 0 Å². The van der Waals surface area contributed by atoms with Crippen LogP contribution >= 0.6 is 0 Å². The number of piperidine rings is 1. The average Bonchev–Trinajstić information content (AvgIpc) is 3.24. The van der Waals surface area contributed by atoms with E-state index in [4.69, 9.17) is 0 Å². The molecule has 0 saturated carbocycles. The molecule has 0 spiro atoms. The second-order valence-corrected chi connectivity index (χ2v) is 5.65. The van der Waals surface area contributed by atoms with Crippen LogP contribution < -0.4 is 0 Å². The molecule has 3 aromatic rings. The van der Waals surface area contributed by atoms with Gasteiger partial charge in [-0.3, -0.25) is 14.6 Å². The Kier molecular flexibility index (Phi) is 3.14. The Labute approximate surface area is 127 Å². The number of carbonyl (C=O) groups excluding carboxylic acids is 1. The van der Waals surface area contributed by atoms with Gasteiger partial charge in [0.1, 0.15) is 0 Å². The highest BCUT2D eigenvalue weighted by Gasteiger charge is 2.27. The van der Waals surface area contributed by atoms with Gasteiger partial charge in [0.2, 0.25) is 0 Å². The third-order valence-electron chi connectivity index (χ3n) is 4.26. The standard InChI is InChI=1S/C16H17N5O/c22-16(15-13-6-1-2-7-14(13)18-19-15)20-9-3-5-12(11-20)21-10-4-8-17-21/h1-2,4,6-8,10,12H,3,5,9,11H2,(H,18,19)/t12-/m1/s1. The zero-order chi connectivity index (χ0) is 14.9. The van der Waals surface area contributed by atoms with Crippen molar-refractivity contribution in [1.29, 1.82) is 0 Å². The maximum Gasteiger partial charge on any atom is 0.275 e. The Morgan fingerprint density at radius 2 is 2.18 bits per heavy atom. The van der Waals surface area contributed by atoms with E-state index in [1.807, 2.05) is 46.1 Å². The second kappa shape index (κ2) is 5.29. The monoisotopic (exact) mass is 295 g/mol. The molecule has 0 unspecified atom stereocenters. The first-order chi connectivity index (χ1) is 10.8. The summed E-state index contributed by atoms with van der Waals surface area (Å²) in [5, 5.41) is 12.3. The van der Waals surface area contributed by atoms with Gasteiger partial charge in [0.05, 0.1) is 11.6 Å². The van der Waals surface area contributed by atoms with E-state index in [1.54, 1.807) is 6.20 Å². The first-order valence-corrected chi connectivity index (χ1v) is 7.54. The summed E-state index contributed by atoms with van der Waals surface area (Å²) in [5.41, 5.74) is 1.41. The van der Waals surface area contributed by atoms with Crippen molar-refractivity contribution < 1.29 is 4.79 Å². The normalized spacial score (nSPS) is 18.7. The maximum atomic E-state index is 12.8. The largest absolute Gasteiger partial charge is 0.335 e. The maximum absolute atomic E-state index is 12.8. The molecule has 3 heterocycles. The van der Waals surface area contributed by atoms with E-state index >= 15 is 0 Å². The zero-order valence-corrected chi connectivity index (χ0v) is 12.1. The molecule has 112 valence electrons. The molecule has 1 amide bonds. The van der Waals surface area contributed by atoms with E-state index in [0.717, 1.165) is 30.3 Å². The van der Waals surface area contributed by atoms with Gasteiger partial charge in [0.15, 0.2) is 5.69 Å². The minimum atomic E-state index is -0.00527. The zero-order valence-electron chi connectivity index (χ0n) is 12.1. The lowest BCUT2D eigenvalue weighted by atomic mass is 10.1. The van der Waals surface area contributed by atoms with Gasteiger partial charge >= 0.3 is 0 Å². The van der Waals surface area contributed by atoms with Crippen LogP contribution in [0, 0.1) is 0 Å². The molecule has 0 bridgehead atoms. The quantitative estimate of drug-likeness (QED) is 0.788. The number of benzene rings is 1. The number of aromatic amines is 1. The third-order valence-corrected chi connectivity index (χ3v) is 4.26. The molecule has 1 atom stereocenters. The lowest BCUT2D eigenvalue weighted by Crippen LogP contribution is -2.41. The van der Waals surface area contributed by atoms with Crippen LogP contribution in [0.1, 0.15) is 29.4 Å². The summed E-state index contributed by atoms with van der Waals surface area (Å²) in [6.45, 7) is 1.46. The van der Waals surface area contributed by atoms with E-state index in [0.29, 0.717) is 12.2 Å². The summed E-state index contributed by atoms with van der Waals surface area (Å²) in [4.78, 5) is 14.7. The van der Waals surface area contributed by atoms with Crippen molar-refractivity contribution in [3.63, 3.8) is 0 Å².